The van der Waals surface area contributed by atoms with Crippen LogP contribution in [0.15, 0.2) is 35.3 Å². The maximum Gasteiger partial charge on any atom is 0.430 e. The SMILES string of the molecule is CC(C)(C)OC(=O)CC(=Nc1ccccc1)C(F)(F)F. The van der Waals surface area contributed by atoms with Crippen LogP contribution in [-0.2, 0) is 9.53 Å². The standard InChI is InChI=1S/C14H16F3NO2/c1-13(2,3)20-12(19)9-11(14(15,16)17)18-10-7-5-4-6-8-10/h4-8H,9H2,1-3H3. The van der Waals surface area contributed by atoms with Crippen LogP contribution in [0, 0.1) is 0 Å². The van der Waals surface area contributed by atoms with Gasteiger partial charge in [0, 0.05) is 0 Å². The minimum atomic E-state index is -4.67. The van der Waals surface area contributed by atoms with Crippen molar-refractivity contribution in [1.82, 2.24) is 0 Å². The molecule has 0 amide bonds. The summed E-state index contributed by atoms with van der Waals surface area (Å²) >= 11 is 0. The van der Waals surface area contributed by atoms with Crippen molar-refractivity contribution in [3.8, 4) is 0 Å². The van der Waals surface area contributed by atoms with Crippen molar-refractivity contribution in [2.75, 3.05) is 0 Å². The molecule has 0 spiro atoms. The summed E-state index contributed by atoms with van der Waals surface area (Å²) in [6, 6.07) is 7.67. The Hall–Kier alpha value is -1.85. The van der Waals surface area contributed by atoms with E-state index in [9.17, 15) is 18.0 Å². The van der Waals surface area contributed by atoms with Crippen LogP contribution in [0.1, 0.15) is 27.2 Å². The zero-order valence-electron chi connectivity index (χ0n) is 11.5. The number of hydrogen-bond donors (Lipinski definition) is 0. The van der Waals surface area contributed by atoms with Crippen LogP contribution in [-0.4, -0.2) is 23.5 Å². The second-order valence-corrected chi connectivity index (χ2v) is 5.16. The molecule has 3 nitrogen and oxygen atoms in total. The van der Waals surface area contributed by atoms with Gasteiger partial charge in [0.2, 0.25) is 0 Å². The Bertz CT molecular complexity index is 487. The van der Waals surface area contributed by atoms with Crippen molar-refractivity contribution in [2.24, 2.45) is 4.99 Å². The van der Waals surface area contributed by atoms with Gasteiger partial charge in [0.25, 0.3) is 0 Å². The lowest BCUT2D eigenvalue weighted by atomic mass is 10.2. The van der Waals surface area contributed by atoms with Gasteiger partial charge in [-0.3, -0.25) is 4.79 Å². The van der Waals surface area contributed by atoms with Crippen LogP contribution in [0.3, 0.4) is 0 Å². The smallest absolute Gasteiger partial charge is 0.430 e. The molecule has 0 fully saturated rings. The second kappa shape index (κ2) is 6.07. The molecular formula is C14H16F3NO2. The molecule has 0 atom stereocenters. The van der Waals surface area contributed by atoms with E-state index < -0.39 is 29.9 Å². The Balaban J connectivity index is 2.93. The number of aliphatic imine (C=N–C) groups is 1. The first-order chi connectivity index (χ1) is 9.08. The number of carbonyl (C=O) groups excluding carboxylic acids is 1. The van der Waals surface area contributed by atoms with Crippen molar-refractivity contribution < 1.29 is 22.7 Å². The number of benzene rings is 1. The summed E-state index contributed by atoms with van der Waals surface area (Å²) in [5.41, 5.74) is -1.86. The second-order valence-electron chi connectivity index (χ2n) is 5.16. The Labute approximate surface area is 115 Å². The highest BCUT2D eigenvalue weighted by Crippen LogP contribution is 2.24. The van der Waals surface area contributed by atoms with E-state index in [0.29, 0.717) is 0 Å². The number of alkyl halides is 3. The molecule has 1 aromatic rings. The van der Waals surface area contributed by atoms with Crippen molar-refractivity contribution in [1.29, 1.82) is 0 Å². The van der Waals surface area contributed by atoms with Gasteiger partial charge in [0.15, 0.2) is 0 Å². The molecule has 0 N–H and O–H groups in total. The summed E-state index contributed by atoms with van der Waals surface area (Å²) < 4.78 is 43.5. The molecular weight excluding hydrogens is 271 g/mol. The zero-order valence-corrected chi connectivity index (χ0v) is 11.5. The molecule has 0 unspecified atom stereocenters. The first kappa shape index (κ1) is 16.2. The minimum Gasteiger partial charge on any atom is -0.460 e. The molecule has 0 saturated heterocycles. The number of rotatable bonds is 3. The molecule has 0 saturated carbocycles. The number of esters is 1. The maximum atomic E-state index is 12.9. The van der Waals surface area contributed by atoms with Crippen molar-refractivity contribution >= 4 is 17.4 Å². The number of ether oxygens (including phenoxy) is 1. The Morgan fingerprint density at radius 3 is 2.15 bits per heavy atom. The summed E-state index contributed by atoms with van der Waals surface area (Å²) in [7, 11) is 0. The van der Waals surface area contributed by atoms with Crippen LogP contribution < -0.4 is 0 Å². The molecule has 0 radical (unpaired) electrons. The Morgan fingerprint density at radius 1 is 1.15 bits per heavy atom. The molecule has 0 aliphatic heterocycles. The summed E-state index contributed by atoms with van der Waals surface area (Å²) in [5.74, 6) is -0.954. The van der Waals surface area contributed by atoms with Crippen LogP contribution in [0.2, 0.25) is 0 Å². The number of carbonyl (C=O) groups is 1. The van der Waals surface area contributed by atoms with E-state index in [1.165, 1.54) is 12.1 Å². The van der Waals surface area contributed by atoms with Crippen molar-refractivity contribution in [3.05, 3.63) is 30.3 Å². The van der Waals surface area contributed by atoms with Gasteiger partial charge >= 0.3 is 12.1 Å². The highest BCUT2D eigenvalue weighted by molar-refractivity contribution is 6.03. The predicted octanol–water partition coefficient (Wildman–Crippen LogP) is 4.05. The normalized spacial score (nSPS) is 13.2. The third-order valence-corrected chi connectivity index (χ3v) is 2.08. The largest absolute Gasteiger partial charge is 0.460 e. The quantitative estimate of drug-likeness (QED) is 0.621. The molecule has 0 heterocycles. The molecule has 0 aliphatic carbocycles. The molecule has 110 valence electrons. The predicted molar refractivity (Wildman–Crippen MR) is 70.1 cm³/mol. The molecule has 6 heteroatoms. The number of hydrogen-bond acceptors (Lipinski definition) is 3. The lowest BCUT2D eigenvalue weighted by Gasteiger charge is -2.20. The van der Waals surface area contributed by atoms with Gasteiger partial charge in [-0.1, -0.05) is 18.2 Å². The van der Waals surface area contributed by atoms with Crippen LogP contribution in [0.4, 0.5) is 18.9 Å². The van der Waals surface area contributed by atoms with Crippen molar-refractivity contribution in [3.63, 3.8) is 0 Å². The van der Waals surface area contributed by atoms with Gasteiger partial charge < -0.3 is 4.74 Å². The van der Waals surface area contributed by atoms with Crippen molar-refractivity contribution in [2.45, 2.75) is 39.0 Å². The van der Waals surface area contributed by atoms with Gasteiger partial charge in [-0.15, -0.1) is 0 Å². The fourth-order valence-electron chi connectivity index (χ4n) is 1.38. The lowest BCUT2D eigenvalue weighted by Crippen LogP contribution is -2.30. The average Bonchev–Trinajstić information content (AvgIpc) is 2.25. The van der Waals surface area contributed by atoms with Gasteiger partial charge in [0.05, 0.1) is 12.1 Å². The first-order valence-corrected chi connectivity index (χ1v) is 5.99. The molecule has 20 heavy (non-hydrogen) atoms. The number of para-hydroxylation sites is 1. The van der Waals surface area contributed by atoms with E-state index in [2.05, 4.69) is 4.99 Å². The van der Waals surface area contributed by atoms with E-state index in [-0.39, 0.29) is 5.69 Å². The van der Waals surface area contributed by atoms with Gasteiger partial charge in [0.1, 0.15) is 11.3 Å². The monoisotopic (exact) mass is 287 g/mol. The molecule has 1 aromatic carbocycles. The Morgan fingerprint density at radius 2 is 1.70 bits per heavy atom. The first-order valence-electron chi connectivity index (χ1n) is 5.99. The maximum absolute atomic E-state index is 12.9. The summed E-state index contributed by atoms with van der Waals surface area (Å²) in [4.78, 5) is 15.0. The van der Waals surface area contributed by atoms with Gasteiger partial charge in [-0.2, -0.15) is 13.2 Å². The number of nitrogens with zero attached hydrogens (tertiary/aromatic N) is 1. The molecule has 0 aromatic heterocycles. The van der Waals surface area contributed by atoms with E-state index in [1.807, 2.05) is 0 Å². The van der Waals surface area contributed by atoms with Crippen LogP contribution >= 0.6 is 0 Å². The highest BCUT2D eigenvalue weighted by atomic mass is 19.4. The van der Waals surface area contributed by atoms with E-state index in [4.69, 9.17) is 4.74 Å². The van der Waals surface area contributed by atoms with Crippen LogP contribution in [0.5, 0.6) is 0 Å². The summed E-state index contributed by atoms with van der Waals surface area (Å²) in [6.07, 6.45) is -5.58. The van der Waals surface area contributed by atoms with E-state index >= 15 is 0 Å². The molecule has 0 bridgehead atoms. The highest BCUT2D eigenvalue weighted by Gasteiger charge is 2.37. The van der Waals surface area contributed by atoms with Crippen LogP contribution in [0.25, 0.3) is 0 Å². The molecule has 0 aliphatic rings. The van der Waals surface area contributed by atoms with Gasteiger partial charge in [-0.05, 0) is 32.9 Å². The third kappa shape index (κ3) is 5.86. The topological polar surface area (TPSA) is 38.7 Å². The van der Waals surface area contributed by atoms with E-state index in [1.54, 1.807) is 39.0 Å². The lowest BCUT2D eigenvalue weighted by molar-refractivity contribution is -0.154. The summed E-state index contributed by atoms with van der Waals surface area (Å²) in [6.45, 7) is 4.77. The van der Waals surface area contributed by atoms with E-state index in [0.717, 1.165) is 0 Å². The third-order valence-electron chi connectivity index (χ3n) is 2.08. The zero-order chi connectivity index (χ0) is 15.4. The fourth-order valence-corrected chi connectivity index (χ4v) is 1.38. The minimum absolute atomic E-state index is 0.142. The fraction of sp³-hybridized carbons (Fsp3) is 0.429. The average molecular weight is 287 g/mol. The Kier molecular flexibility index (Phi) is 4.92. The molecule has 1 rings (SSSR count). The summed E-state index contributed by atoms with van der Waals surface area (Å²) in [5, 5.41) is 0. The number of halogens is 3. The van der Waals surface area contributed by atoms with Gasteiger partial charge in [-0.25, -0.2) is 4.99 Å².